The molecule has 2 rings (SSSR count). The van der Waals surface area contributed by atoms with Crippen molar-refractivity contribution in [1.29, 1.82) is 0 Å². The molecule has 2 nitrogen and oxygen atoms in total. The van der Waals surface area contributed by atoms with E-state index in [2.05, 4.69) is 61.4 Å². The molecule has 1 saturated heterocycles. The molecule has 0 bridgehead atoms. The first-order valence-corrected chi connectivity index (χ1v) is 7.04. The fourth-order valence-electron chi connectivity index (χ4n) is 2.85. The fourth-order valence-corrected chi connectivity index (χ4v) is 2.85. The summed E-state index contributed by atoms with van der Waals surface area (Å²) in [6.45, 7) is 8.12. The van der Waals surface area contributed by atoms with Crippen molar-refractivity contribution in [1.82, 2.24) is 10.2 Å². The van der Waals surface area contributed by atoms with Crippen molar-refractivity contribution in [2.45, 2.75) is 39.3 Å². The maximum Gasteiger partial charge on any atom is 0.0246 e. The zero-order chi connectivity index (χ0) is 13.0. The van der Waals surface area contributed by atoms with Crippen LogP contribution in [0.3, 0.4) is 0 Å². The van der Waals surface area contributed by atoms with E-state index in [1.807, 2.05) is 0 Å². The Balaban J connectivity index is 1.89. The molecule has 100 valence electrons. The van der Waals surface area contributed by atoms with Gasteiger partial charge >= 0.3 is 0 Å². The molecule has 1 aromatic carbocycles. The Labute approximate surface area is 111 Å². The number of benzene rings is 1. The number of rotatable bonds is 4. The Morgan fingerprint density at radius 2 is 2.00 bits per heavy atom. The molecule has 1 aliphatic heterocycles. The maximum atomic E-state index is 3.68. The zero-order valence-corrected chi connectivity index (χ0v) is 11.9. The summed E-state index contributed by atoms with van der Waals surface area (Å²) in [5, 5.41) is 3.68. The minimum absolute atomic E-state index is 0.420. The lowest BCUT2D eigenvalue weighted by Crippen LogP contribution is -2.52. The van der Waals surface area contributed by atoms with Crippen LogP contribution in [0.25, 0.3) is 0 Å². The van der Waals surface area contributed by atoms with E-state index in [0.717, 1.165) is 13.1 Å². The van der Waals surface area contributed by atoms with Gasteiger partial charge in [-0.2, -0.15) is 0 Å². The molecule has 1 aliphatic rings. The van der Waals surface area contributed by atoms with Crippen LogP contribution in [0.1, 0.15) is 32.3 Å². The normalized spacial score (nSPS) is 23.2. The van der Waals surface area contributed by atoms with Crippen molar-refractivity contribution in [3.05, 3.63) is 35.9 Å². The van der Waals surface area contributed by atoms with Gasteiger partial charge in [0.05, 0.1) is 0 Å². The van der Waals surface area contributed by atoms with Gasteiger partial charge in [0.25, 0.3) is 0 Å². The number of hydrogen-bond acceptors (Lipinski definition) is 2. The molecule has 1 heterocycles. The third-order valence-corrected chi connectivity index (χ3v) is 4.12. The monoisotopic (exact) mass is 246 g/mol. The lowest BCUT2D eigenvalue weighted by atomic mass is 9.77. The summed E-state index contributed by atoms with van der Waals surface area (Å²) >= 11 is 0. The van der Waals surface area contributed by atoms with Gasteiger partial charge in [0.2, 0.25) is 0 Å². The van der Waals surface area contributed by atoms with Crippen LogP contribution in [0.4, 0.5) is 0 Å². The van der Waals surface area contributed by atoms with E-state index in [0.29, 0.717) is 11.5 Å². The second-order valence-corrected chi connectivity index (χ2v) is 6.28. The number of nitrogens with one attached hydrogen (secondary N) is 1. The summed E-state index contributed by atoms with van der Waals surface area (Å²) in [5.74, 6) is 0. The number of likely N-dealkylation sites (N-methyl/N-ethyl adjacent to an activating group) is 1. The van der Waals surface area contributed by atoms with Crippen LogP contribution in [0.5, 0.6) is 0 Å². The molecule has 1 fully saturated rings. The zero-order valence-electron chi connectivity index (χ0n) is 11.9. The highest BCUT2D eigenvalue weighted by Gasteiger charge is 2.32. The summed E-state index contributed by atoms with van der Waals surface area (Å²) in [7, 11) is 2.22. The molecule has 0 aromatic heterocycles. The van der Waals surface area contributed by atoms with Gasteiger partial charge in [0, 0.05) is 19.1 Å². The topological polar surface area (TPSA) is 15.3 Å². The maximum absolute atomic E-state index is 3.68. The van der Waals surface area contributed by atoms with E-state index < -0.39 is 0 Å². The second kappa shape index (κ2) is 5.85. The van der Waals surface area contributed by atoms with Gasteiger partial charge in [0.15, 0.2) is 0 Å². The number of piperidine rings is 1. The summed E-state index contributed by atoms with van der Waals surface area (Å²) in [4.78, 5) is 2.43. The summed E-state index contributed by atoms with van der Waals surface area (Å²) in [5.41, 5.74) is 1.82. The molecular formula is C16H26N2. The Bertz CT molecular complexity index is 359. The van der Waals surface area contributed by atoms with Gasteiger partial charge in [-0.05, 0) is 37.4 Å². The minimum Gasteiger partial charge on any atom is -0.312 e. The van der Waals surface area contributed by atoms with Crippen molar-refractivity contribution >= 4 is 0 Å². The van der Waals surface area contributed by atoms with Crippen molar-refractivity contribution in [2.24, 2.45) is 5.41 Å². The molecular weight excluding hydrogens is 220 g/mol. The Morgan fingerprint density at radius 3 is 2.67 bits per heavy atom. The van der Waals surface area contributed by atoms with Crippen LogP contribution >= 0.6 is 0 Å². The molecule has 18 heavy (non-hydrogen) atoms. The van der Waals surface area contributed by atoms with E-state index in [1.165, 1.54) is 24.9 Å². The first-order chi connectivity index (χ1) is 8.58. The predicted molar refractivity (Wildman–Crippen MR) is 77.6 cm³/mol. The molecule has 0 radical (unpaired) electrons. The van der Waals surface area contributed by atoms with Gasteiger partial charge < -0.3 is 10.2 Å². The van der Waals surface area contributed by atoms with Gasteiger partial charge in [-0.15, -0.1) is 0 Å². The largest absolute Gasteiger partial charge is 0.312 e. The predicted octanol–water partition coefficient (Wildman–Crippen LogP) is 2.90. The van der Waals surface area contributed by atoms with E-state index in [-0.39, 0.29) is 0 Å². The molecule has 1 atom stereocenters. The molecule has 0 amide bonds. The lowest BCUT2D eigenvalue weighted by molar-refractivity contribution is 0.136. The van der Waals surface area contributed by atoms with Crippen LogP contribution in [0.2, 0.25) is 0 Å². The third-order valence-electron chi connectivity index (χ3n) is 4.12. The second-order valence-electron chi connectivity index (χ2n) is 6.28. The summed E-state index contributed by atoms with van der Waals surface area (Å²) in [6, 6.07) is 11.3. The third kappa shape index (κ3) is 3.56. The highest BCUT2D eigenvalue weighted by molar-refractivity contribution is 5.14. The van der Waals surface area contributed by atoms with Gasteiger partial charge in [-0.3, -0.25) is 0 Å². The fraction of sp³-hybridized carbons (Fsp3) is 0.625. The number of hydrogen-bond donors (Lipinski definition) is 1. The van der Waals surface area contributed by atoms with Crippen molar-refractivity contribution in [3.8, 4) is 0 Å². The average Bonchev–Trinajstić information content (AvgIpc) is 2.33. The first kappa shape index (κ1) is 13.6. The van der Waals surface area contributed by atoms with Gasteiger partial charge in [-0.1, -0.05) is 44.2 Å². The van der Waals surface area contributed by atoms with Crippen molar-refractivity contribution in [3.63, 3.8) is 0 Å². The van der Waals surface area contributed by atoms with Crippen LogP contribution in [-0.2, 0) is 6.54 Å². The van der Waals surface area contributed by atoms with Gasteiger partial charge in [-0.25, -0.2) is 0 Å². The standard InChI is InChI=1S/C16H26N2/c1-16(2)10-7-11-17-15(16)13-18(3)12-14-8-5-4-6-9-14/h4-6,8-9,15,17H,7,10-13H2,1-3H3. The molecule has 0 saturated carbocycles. The molecule has 1 unspecified atom stereocenters. The molecule has 1 aromatic rings. The van der Waals surface area contributed by atoms with Crippen LogP contribution < -0.4 is 5.32 Å². The highest BCUT2D eigenvalue weighted by atomic mass is 15.1. The number of nitrogens with zero attached hydrogens (tertiary/aromatic N) is 1. The molecule has 0 aliphatic carbocycles. The first-order valence-electron chi connectivity index (χ1n) is 7.04. The van der Waals surface area contributed by atoms with E-state index >= 15 is 0 Å². The highest BCUT2D eigenvalue weighted by Crippen LogP contribution is 2.30. The minimum atomic E-state index is 0.420. The van der Waals surface area contributed by atoms with Crippen molar-refractivity contribution < 1.29 is 0 Å². The van der Waals surface area contributed by atoms with Gasteiger partial charge in [0.1, 0.15) is 0 Å². The van der Waals surface area contributed by atoms with E-state index in [1.54, 1.807) is 0 Å². The Morgan fingerprint density at radius 1 is 1.28 bits per heavy atom. The van der Waals surface area contributed by atoms with E-state index in [9.17, 15) is 0 Å². The van der Waals surface area contributed by atoms with Crippen molar-refractivity contribution in [2.75, 3.05) is 20.1 Å². The average molecular weight is 246 g/mol. The lowest BCUT2D eigenvalue weighted by Gasteiger charge is -2.41. The van der Waals surface area contributed by atoms with Crippen LogP contribution in [0.15, 0.2) is 30.3 Å². The Hall–Kier alpha value is -0.860. The smallest absolute Gasteiger partial charge is 0.0246 e. The van der Waals surface area contributed by atoms with E-state index in [4.69, 9.17) is 0 Å². The SMILES string of the molecule is CN(Cc1ccccc1)CC1NCCCC1(C)C. The quantitative estimate of drug-likeness (QED) is 0.879. The molecule has 2 heteroatoms. The van der Waals surface area contributed by atoms with Crippen LogP contribution in [0, 0.1) is 5.41 Å². The van der Waals surface area contributed by atoms with Crippen LogP contribution in [-0.4, -0.2) is 31.1 Å². The summed E-state index contributed by atoms with van der Waals surface area (Å²) in [6.07, 6.45) is 2.65. The molecule has 0 spiro atoms. The Kier molecular flexibility index (Phi) is 4.41. The summed E-state index contributed by atoms with van der Waals surface area (Å²) < 4.78 is 0. The molecule has 1 N–H and O–H groups in total.